The van der Waals surface area contributed by atoms with Crippen LogP contribution in [-0.4, -0.2) is 22.5 Å². The van der Waals surface area contributed by atoms with Crippen molar-refractivity contribution in [1.82, 2.24) is 4.90 Å². The van der Waals surface area contributed by atoms with Gasteiger partial charge in [-0.25, -0.2) is 0 Å². The monoisotopic (exact) mass is 430 g/mol. The molecule has 1 fully saturated rings. The van der Waals surface area contributed by atoms with Gasteiger partial charge in [0, 0.05) is 17.8 Å². The third-order valence-corrected chi connectivity index (χ3v) is 6.86. The fourth-order valence-corrected chi connectivity index (χ4v) is 5.06. The largest absolute Gasteiger partial charge is 0.322 e. The quantitative estimate of drug-likeness (QED) is 0.555. The van der Waals surface area contributed by atoms with Crippen LogP contribution in [0.1, 0.15) is 44.9 Å². The summed E-state index contributed by atoms with van der Waals surface area (Å²) in [6.45, 7) is 4.68. The van der Waals surface area contributed by atoms with Crippen LogP contribution in [0.25, 0.3) is 0 Å². The van der Waals surface area contributed by atoms with Crippen LogP contribution in [0.3, 0.4) is 0 Å². The van der Waals surface area contributed by atoms with Crippen molar-refractivity contribution in [3.63, 3.8) is 0 Å². The zero-order valence-corrected chi connectivity index (χ0v) is 18.6. The summed E-state index contributed by atoms with van der Waals surface area (Å²) in [7, 11) is 0. The molecular formula is C26H26N2O2S. The summed E-state index contributed by atoms with van der Waals surface area (Å²) in [5, 5.41) is 3.04. The van der Waals surface area contributed by atoms with E-state index in [4.69, 9.17) is 0 Å². The van der Waals surface area contributed by atoms with E-state index in [0.717, 1.165) is 34.4 Å². The van der Waals surface area contributed by atoms with Crippen molar-refractivity contribution in [2.45, 2.75) is 32.2 Å². The molecule has 0 aromatic heterocycles. The summed E-state index contributed by atoms with van der Waals surface area (Å²) in [5.74, 6) is 0.506. The first-order valence-electron chi connectivity index (χ1n) is 10.5. The number of hydrogen-bond donors (Lipinski definition) is 1. The third kappa shape index (κ3) is 4.67. The molecule has 3 aromatic rings. The van der Waals surface area contributed by atoms with E-state index in [9.17, 15) is 9.59 Å². The molecule has 1 aliphatic heterocycles. The number of rotatable bonds is 6. The fraction of sp³-hybridized carbons (Fsp3) is 0.231. The van der Waals surface area contributed by atoms with Crippen LogP contribution in [0, 0.1) is 6.92 Å². The molecule has 1 heterocycles. The summed E-state index contributed by atoms with van der Waals surface area (Å²) >= 11 is 1.63. The minimum atomic E-state index is -0.119. The van der Waals surface area contributed by atoms with E-state index >= 15 is 0 Å². The molecule has 1 aliphatic rings. The molecule has 0 saturated carbocycles. The molecular weight excluding hydrogens is 404 g/mol. The molecule has 0 spiro atoms. The lowest BCUT2D eigenvalue weighted by molar-refractivity contribution is -0.128. The minimum absolute atomic E-state index is 0.0344. The number of nitrogens with zero attached hydrogens (tertiary/aromatic N) is 1. The average Bonchev–Trinajstić information content (AvgIpc) is 3.16. The minimum Gasteiger partial charge on any atom is -0.322 e. The number of thioether (sulfide) groups is 1. The fourth-order valence-electron chi connectivity index (χ4n) is 3.87. The van der Waals surface area contributed by atoms with E-state index in [1.54, 1.807) is 11.8 Å². The first kappa shape index (κ1) is 21.2. The molecule has 0 aliphatic carbocycles. The first-order chi connectivity index (χ1) is 15.1. The predicted octanol–water partition coefficient (Wildman–Crippen LogP) is 5.58. The zero-order valence-electron chi connectivity index (χ0n) is 17.8. The summed E-state index contributed by atoms with van der Waals surface area (Å²) in [5.41, 5.74) is 5.84. The van der Waals surface area contributed by atoms with Crippen LogP contribution in [0.4, 0.5) is 5.69 Å². The molecule has 4 rings (SSSR count). The number of amides is 2. The highest BCUT2D eigenvalue weighted by molar-refractivity contribution is 8.00. The number of hydrogen-bond acceptors (Lipinski definition) is 3. The molecule has 2 amide bonds. The van der Waals surface area contributed by atoms with Gasteiger partial charge >= 0.3 is 0 Å². The molecule has 31 heavy (non-hydrogen) atoms. The van der Waals surface area contributed by atoms with Gasteiger partial charge in [-0.3, -0.25) is 9.59 Å². The number of carbonyl (C=O) groups is 2. The SMILES string of the molecule is CCc1cccc(C)c1NC(=O)c1ccc([C@@H]2SCC(=O)N2Cc2ccccc2)cc1. The average molecular weight is 431 g/mol. The summed E-state index contributed by atoms with van der Waals surface area (Å²) < 4.78 is 0. The Kier molecular flexibility index (Phi) is 6.42. The van der Waals surface area contributed by atoms with Crippen molar-refractivity contribution >= 4 is 29.3 Å². The Morgan fingerprint density at radius 3 is 2.48 bits per heavy atom. The van der Waals surface area contributed by atoms with E-state index in [0.29, 0.717) is 17.9 Å². The second kappa shape index (κ2) is 9.40. The van der Waals surface area contributed by atoms with Gasteiger partial charge in [0.15, 0.2) is 0 Å². The predicted molar refractivity (Wildman–Crippen MR) is 127 cm³/mol. The van der Waals surface area contributed by atoms with Crippen molar-refractivity contribution < 1.29 is 9.59 Å². The topological polar surface area (TPSA) is 49.4 Å². The molecule has 0 radical (unpaired) electrons. The van der Waals surface area contributed by atoms with Crippen molar-refractivity contribution in [2.24, 2.45) is 0 Å². The maximum Gasteiger partial charge on any atom is 0.255 e. The molecule has 0 unspecified atom stereocenters. The standard InChI is InChI=1S/C26H26N2O2S/c1-3-20-11-7-8-18(2)24(20)27-25(30)21-12-14-22(15-13-21)26-28(23(29)17-31-26)16-19-9-5-4-6-10-19/h4-15,26H,3,16-17H2,1-2H3,(H,27,30)/t26-/m0/s1. The van der Waals surface area contributed by atoms with Gasteiger partial charge in [-0.15, -0.1) is 11.8 Å². The highest BCUT2D eigenvalue weighted by atomic mass is 32.2. The van der Waals surface area contributed by atoms with Crippen molar-refractivity contribution in [3.8, 4) is 0 Å². The Morgan fingerprint density at radius 1 is 1.03 bits per heavy atom. The molecule has 1 N–H and O–H groups in total. The molecule has 4 nitrogen and oxygen atoms in total. The van der Waals surface area contributed by atoms with Crippen LogP contribution < -0.4 is 5.32 Å². The lowest BCUT2D eigenvalue weighted by Gasteiger charge is -2.24. The lowest BCUT2D eigenvalue weighted by Crippen LogP contribution is -2.27. The molecule has 1 saturated heterocycles. The lowest BCUT2D eigenvalue weighted by atomic mass is 10.0. The summed E-state index contributed by atoms with van der Waals surface area (Å²) in [6, 6.07) is 23.7. The van der Waals surface area contributed by atoms with Gasteiger partial charge in [0.2, 0.25) is 5.91 Å². The molecule has 3 aromatic carbocycles. The molecule has 158 valence electrons. The number of para-hydroxylation sites is 1. The summed E-state index contributed by atoms with van der Waals surface area (Å²) in [6.07, 6.45) is 0.862. The second-order valence-electron chi connectivity index (χ2n) is 7.71. The maximum absolute atomic E-state index is 12.8. The van der Waals surface area contributed by atoms with Crippen LogP contribution >= 0.6 is 11.8 Å². The van der Waals surface area contributed by atoms with Crippen LogP contribution in [-0.2, 0) is 17.8 Å². The molecule has 5 heteroatoms. The van der Waals surface area contributed by atoms with Gasteiger partial charge in [-0.05, 0) is 47.7 Å². The second-order valence-corrected chi connectivity index (χ2v) is 8.78. The highest BCUT2D eigenvalue weighted by Gasteiger charge is 2.32. The van der Waals surface area contributed by atoms with Crippen LogP contribution in [0.2, 0.25) is 0 Å². The van der Waals surface area contributed by atoms with Crippen molar-refractivity contribution in [1.29, 1.82) is 0 Å². The molecule has 1 atom stereocenters. The van der Waals surface area contributed by atoms with Crippen LogP contribution in [0.5, 0.6) is 0 Å². The van der Waals surface area contributed by atoms with Gasteiger partial charge in [-0.2, -0.15) is 0 Å². The normalized spacial score (nSPS) is 15.9. The Hall–Kier alpha value is -3.05. The Labute approximate surface area is 187 Å². The summed E-state index contributed by atoms with van der Waals surface area (Å²) in [4.78, 5) is 27.2. The van der Waals surface area contributed by atoms with E-state index in [2.05, 4.69) is 12.2 Å². The third-order valence-electron chi connectivity index (χ3n) is 5.60. The first-order valence-corrected chi connectivity index (χ1v) is 11.6. The van der Waals surface area contributed by atoms with Gasteiger partial charge in [-0.1, -0.05) is 67.6 Å². The maximum atomic E-state index is 12.8. The van der Waals surface area contributed by atoms with E-state index in [-0.39, 0.29) is 17.2 Å². The van der Waals surface area contributed by atoms with E-state index < -0.39 is 0 Å². The zero-order chi connectivity index (χ0) is 21.8. The van der Waals surface area contributed by atoms with Crippen molar-refractivity contribution in [3.05, 3.63) is 101 Å². The smallest absolute Gasteiger partial charge is 0.255 e. The number of benzene rings is 3. The number of anilines is 1. The number of carbonyl (C=O) groups excluding carboxylic acids is 2. The van der Waals surface area contributed by atoms with Gasteiger partial charge in [0.05, 0.1) is 5.75 Å². The van der Waals surface area contributed by atoms with Crippen molar-refractivity contribution in [2.75, 3.05) is 11.1 Å². The van der Waals surface area contributed by atoms with Crippen LogP contribution in [0.15, 0.2) is 72.8 Å². The Balaban J connectivity index is 1.50. The van der Waals surface area contributed by atoms with Gasteiger partial charge in [0.1, 0.15) is 5.37 Å². The number of aryl methyl sites for hydroxylation is 2. The van der Waals surface area contributed by atoms with E-state index in [1.165, 1.54) is 0 Å². The van der Waals surface area contributed by atoms with E-state index in [1.807, 2.05) is 84.6 Å². The number of nitrogens with one attached hydrogen (secondary N) is 1. The van der Waals surface area contributed by atoms with Gasteiger partial charge in [0.25, 0.3) is 5.91 Å². The Bertz CT molecular complexity index is 1080. The van der Waals surface area contributed by atoms with Gasteiger partial charge < -0.3 is 10.2 Å². The molecule has 0 bridgehead atoms. The Morgan fingerprint density at radius 2 is 1.77 bits per heavy atom. The highest BCUT2D eigenvalue weighted by Crippen LogP contribution is 2.39.